The summed E-state index contributed by atoms with van der Waals surface area (Å²) in [5.74, 6) is -2.13. The Bertz CT molecular complexity index is 517. The van der Waals surface area contributed by atoms with E-state index < -0.39 is 17.6 Å². The van der Waals surface area contributed by atoms with Crippen molar-refractivity contribution in [3.8, 4) is 0 Å². The van der Waals surface area contributed by atoms with E-state index in [4.69, 9.17) is 9.47 Å². The Hall–Kier alpha value is -1.98. The molecule has 128 valence electrons. The fourth-order valence-corrected chi connectivity index (χ4v) is 1.87. The van der Waals surface area contributed by atoms with Crippen molar-refractivity contribution in [2.75, 3.05) is 6.61 Å². The van der Waals surface area contributed by atoms with Crippen LogP contribution in [-0.2, 0) is 25.7 Å². The molecule has 0 aromatic heterocycles. The van der Waals surface area contributed by atoms with Crippen molar-refractivity contribution in [1.82, 2.24) is 0 Å². The number of unbranched alkanes of at least 4 members (excludes halogenated alkanes) is 2. The zero-order valence-corrected chi connectivity index (χ0v) is 13.3. The van der Waals surface area contributed by atoms with Crippen LogP contribution in [0.1, 0.15) is 51.0 Å². The second kappa shape index (κ2) is 10.7. The third-order valence-electron chi connectivity index (χ3n) is 3.17. The van der Waals surface area contributed by atoms with E-state index in [0.29, 0.717) is 13.0 Å². The lowest BCUT2D eigenvalue weighted by molar-refractivity contribution is -0.146. The van der Waals surface area contributed by atoms with E-state index in [1.165, 1.54) is 0 Å². The van der Waals surface area contributed by atoms with Crippen molar-refractivity contribution in [1.29, 1.82) is 0 Å². The zero-order valence-electron chi connectivity index (χ0n) is 13.3. The van der Waals surface area contributed by atoms with E-state index in [0.717, 1.165) is 37.5 Å². The first-order valence-electron chi connectivity index (χ1n) is 7.78. The molecule has 6 heteroatoms. The summed E-state index contributed by atoms with van der Waals surface area (Å²) in [6.07, 6.45) is 3.36. The minimum atomic E-state index is -0.630. The van der Waals surface area contributed by atoms with Gasteiger partial charge in [0.1, 0.15) is 18.2 Å². The van der Waals surface area contributed by atoms with Crippen LogP contribution in [0.5, 0.6) is 0 Å². The summed E-state index contributed by atoms with van der Waals surface area (Å²) >= 11 is 0. The Labute approximate surface area is 134 Å². The quantitative estimate of drug-likeness (QED) is 0.483. The number of esters is 2. The third kappa shape index (κ3) is 8.28. The van der Waals surface area contributed by atoms with Crippen molar-refractivity contribution in [3.05, 3.63) is 35.4 Å². The maximum absolute atomic E-state index is 13.3. The van der Waals surface area contributed by atoms with Gasteiger partial charge >= 0.3 is 11.9 Å². The third-order valence-corrected chi connectivity index (χ3v) is 3.17. The van der Waals surface area contributed by atoms with Gasteiger partial charge in [0, 0.05) is 18.4 Å². The lowest BCUT2D eigenvalue weighted by atomic mass is 10.2. The molecule has 0 heterocycles. The molecule has 0 radical (unpaired) electrons. The van der Waals surface area contributed by atoms with Gasteiger partial charge in [0.05, 0.1) is 6.61 Å². The number of halogens is 2. The predicted octanol–water partition coefficient (Wildman–Crippen LogP) is 3.91. The Morgan fingerprint density at radius 2 is 1.70 bits per heavy atom. The van der Waals surface area contributed by atoms with Crippen LogP contribution in [0.3, 0.4) is 0 Å². The molecule has 0 aliphatic heterocycles. The summed E-state index contributed by atoms with van der Waals surface area (Å²) in [7, 11) is 0. The molecule has 23 heavy (non-hydrogen) atoms. The SMILES string of the molecule is CCCCCOC(=O)CCCC(=O)OCc1cc(F)ccc1F. The molecule has 0 unspecified atom stereocenters. The number of benzene rings is 1. The molecule has 0 bridgehead atoms. The highest BCUT2D eigenvalue weighted by Gasteiger charge is 2.10. The minimum absolute atomic E-state index is 0.0197. The Morgan fingerprint density at radius 3 is 2.39 bits per heavy atom. The molecule has 0 aliphatic carbocycles. The fourth-order valence-electron chi connectivity index (χ4n) is 1.87. The number of rotatable bonds is 10. The van der Waals surface area contributed by atoms with Crippen molar-refractivity contribution in [3.63, 3.8) is 0 Å². The molecule has 0 saturated heterocycles. The molecular weight excluding hydrogens is 306 g/mol. The zero-order chi connectivity index (χ0) is 17.1. The van der Waals surface area contributed by atoms with E-state index in [9.17, 15) is 18.4 Å². The fraction of sp³-hybridized carbons (Fsp3) is 0.529. The van der Waals surface area contributed by atoms with Gasteiger partial charge in [-0.05, 0) is 31.0 Å². The van der Waals surface area contributed by atoms with Gasteiger partial charge in [-0.3, -0.25) is 9.59 Å². The second-order valence-corrected chi connectivity index (χ2v) is 5.18. The standard InChI is InChI=1S/C17H22F2O4/c1-2-3-4-10-22-16(20)6-5-7-17(21)23-12-13-11-14(18)8-9-15(13)19/h8-9,11H,2-7,10,12H2,1H3. The topological polar surface area (TPSA) is 52.6 Å². The van der Waals surface area contributed by atoms with Crippen molar-refractivity contribution in [2.24, 2.45) is 0 Å². The first-order chi connectivity index (χ1) is 11.0. The average Bonchev–Trinajstić information content (AvgIpc) is 2.52. The van der Waals surface area contributed by atoms with Crippen LogP contribution >= 0.6 is 0 Å². The summed E-state index contributed by atoms with van der Waals surface area (Å²) in [5, 5.41) is 0. The van der Waals surface area contributed by atoms with Gasteiger partial charge in [-0.25, -0.2) is 8.78 Å². The molecule has 1 rings (SSSR count). The normalized spacial score (nSPS) is 10.4. The van der Waals surface area contributed by atoms with Crippen LogP contribution < -0.4 is 0 Å². The van der Waals surface area contributed by atoms with Crippen LogP contribution in [0.2, 0.25) is 0 Å². The van der Waals surface area contributed by atoms with Gasteiger partial charge in [0.2, 0.25) is 0 Å². The van der Waals surface area contributed by atoms with Gasteiger partial charge < -0.3 is 9.47 Å². The summed E-state index contributed by atoms with van der Waals surface area (Å²) in [5.41, 5.74) is -0.0197. The first kappa shape index (κ1) is 19.1. The summed E-state index contributed by atoms with van der Waals surface area (Å²) in [6.45, 7) is 2.13. The molecule has 0 saturated carbocycles. The van der Waals surface area contributed by atoms with Gasteiger partial charge in [0.15, 0.2) is 0 Å². The molecule has 0 aliphatic rings. The molecule has 4 nitrogen and oxygen atoms in total. The Morgan fingerprint density at radius 1 is 1.00 bits per heavy atom. The van der Waals surface area contributed by atoms with Crippen LogP contribution in [0.15, 0.2) is 18.2 Å². The van der Waals surface area contributed by atoms with Gasteiger partial charge in [0.25, 0.3) is 0 Å². The van der Waals surface area contributed by atoms with Crippen molar-refractivity contribution >= 4 is 11.9 Å². The summed E-state index contributed by atoms with van der Waals surface area (Å²) in [6, 6.07) is 2.95. The summed E-state index contributed by atoms with van der Waals surface area (Å²) in [4.78, 5) is 22.9. The molecule has 1 aromatic carbocycles. The molecule has 0 atom stereocenters. The van der Waals surface area contributed by atoms with Gasteiger partial charge in [-0.1, -0.05) is 19.8 Å². The van der Waals surface area contributed by atoms with E-state index in [1.54, 1.807) is 0 Å². The van der Waals surface area contributed by atoms with Gasteiger partial charge in [-0.2, -0.15) is 0 Å². The van der Waals surface area contributed by atoms with Crippen molar-refractivity contribution in [2.45, 2.75) is 52.1 Å². The monoisotopic (exact) mass is 328 g/mol. The molecule has 0 amide bonds. The van der Waals surface area contributed by atoms with Crippen LogP contribution in [0, 0.1) is 11.6 Å². The van der Waals surface area contributed by atoms with E-state index in [1.807, 2.05) is 0 Å². The van der Waals surface area contributed by atoms with Crippen LogP contribution in [0.4, 0.5) is 8.78 Å². The first-order valence-corrected chi connectivity index (χ1v) is 7.78. The highest BCUT2D eigenvalue weighted by Crippen LogP contribution is 2.11. The van der Waals surface area contributed by atoms with E-state index in [2.05, 4.69) is 6.92 Å². The van der Waals surface area contributed by atoms with Crippen LogP contribution in [-0.4, -0.2) is 18.5 Å². The lowest BCUT2D eigenvalue weighted by Gasteiger charge is -2.06. The molecule has 0 fully saturated rings. The van der Waals surface area contributed by atoms with E-state index in [-0.39, 0.29) is 31.0 Å². The van der Waals surface area contributed by atoms with E-state index >= 15 is 0 Å². The second-order valence-electron chi connectivity index (χ2n) is 5.18. The van der Waals surface area contributed by atoms with Crippen molar-refractivity contribution < 1.29 is 27.8 Å². The molecule has 0 spiro atoms. The number of carbonyl (C=O) groups excluding carboxylic acids is 2. The number of ether oxygens (including phenoxy) is 2. The predicted molar refractivity (Wildman–Crippen MR) is 80.5 cm³/mol. The smallest absolute Gasteiger partial charge is 0.306 e. The van der Waals surface area contributed by atoms with Gasteiger partial charge in [-0.15, -0.1) is 0 Å². The molecule has 0 N–H and O–H groups in total. The molecular formula is C17H22F2O4. The lowest BCUT2D eigenvalue weighted by Crippen LogP contribution is -2.09. The van der Waals surface area contributed by atoms with Crippen LogP contribution in [0.25, 0.3) is 0 Å². The Kier molecular flexibility index (Phi) is 8.87. The number of hydrogen-bond acceptors (Lipinski definition) is 4. The maximum atomic E-state index is 13.3. The largest absolute Gasteiger partial charge is 0.466 e. The minimum Gasteiger partial charge on any atom is -0.466 e. The Balaban J connectivity index is 2.17. The number of hydrogen-bond donors (Lipinski definition) is 0. The highest BCUT2D eigenvalue weighted by molar-refractivity contribution is 5.72. The summed E-state index contributed by atoms with van der Waals surface area (Å²) < 4.78 is 36.1. The maximum Gasteiger partial charge on any atom is 0.306 e. The molecule has 1 aromatic rings. The average molecular weight is 328 g/mol. The number of carbonyl (C=O) groups is 2. The highest BCUT2D eigenvalue weighted by atomic mass is 19.1.